The lowest BCUT2D eigenvalue weighted by molar-refractivity contribution is -0.156. The third-order valence-electron chi connectivity index (χ3n) is 8.46. The van der Waals surface area contributed by atoms with Gasteiger partial charge < -0.3 is 14.2 Å². The number of carbonyl (C=O) groups excluding carboxylic acids is 1. The highest BCUT2D eigenvalue weighted by molar-refractivity contribution is 6.31. The van der Waals surface area contributed by atoms with Gasteiger partial charge in [0.2, 0.25) is 0 Å². The molecule has 1 atom stereocenters. The van der Waals surface area contributed by atoms with Crippen LogP contribution in [0.5, 0.6) is 5.75 Å². The maximum Gasteiger partial charge on any atom is 0.312 e. The molecule has 0 amide bonds. The normalized spacial score (nSPS) is 14.2. The molecule has 1 aliphatic rings. The average molecular weight is 602 g/mol. The van der Waals surface area contributed by atoms with Gasteiger partial charge in [0.15, 0.2) is 0 Å². The van der Waals surface area contributed by atoms with E-state index in [9.17, 15) is 4.79 Å². The van der Waals surface area contributed by atoms with E-state index in [1.54, 1.807) is 7.11 Å². The first-order valence-electron chi connectivity index (χ1n) is 14.9. The summed E-state index contributed by atoms with van der Waals surface area (Å²) in [6.45, 7) is 4.95. The first kappa shape index (κ1) is 30.8. The Balaban J connectivity index is 1.32. The molecule has 7 nitrogen and oxygen atoms in total. The Hall–Kier alpha value is -3.68. The number of aromatic nitrogens is 3. The first-order valence-corrected chi connectivity index (χ1v) is 15.3. The largest absolute Gasteiger partial charge is 0.497 e. The number of aryl methyl sites for hydroxylation is 1. The van der Waals surface area contributed by atoms with Crippen LogP contribution in [-0.4, -0.2) is 28.1 Å². The second-order valence-electron chi connectivity index (χ2n) is 11.8. The van der Waals surface area contributed by atoms with Gasteiger partial charge in [-0.3, -0.25) is 4.79 Å². The van der Waals surface area contributed by atoms with Gasteiger partial charge in [0.05, 0.1) is 37.5 Å². The number of carbonyl (C=O) groups is 1. The van der Waals surface area contributed by atoms with Crippen molar-refractivity contribution < 1.29 is 19.0 Å². The van der Waals surface area contributed by atoms with E-state index in [4.69, 9.17) is 25.8 Å². The Labute approximate surface area is 259 Å². The highest BCUT2D eigenvalue weighted by atomic mass is 35.5. The van der Waals surface area contributed by atoms with Crippen molar-refractivity contribution in [3.8, 4) is 5.75 Å². The molecule has 43 heavy (non-hydrogen) atoms. The van der Waals surface area contributed by atoms with E-state index in [0.29, 0.717) is 37.1 Å². The quantitative estimate of drug-likeness (QED) is 0.137. The monoisotopic (exact) mass is 601 g/mol. The molecule has 1 aromatic heterocycles. The molecule has 0 aliphatic heterocycles. The van der Waals surface area contributed by atoms with Gasteiger partial charge in [-0.25, -0.2) is 4.68 Å². The molecule has 0 N–H and O–H groups in total. The molecule has 1 aliphatic carbocycles. The molecule has 4 aromatic rings. The summed E-state index contributed by atoms with van der Waals surface area (Å²) in [4.78, 5) is 13.6. The average Bonchev–Trinajstić information content (AvgIpc) is 3.45. The predicted octanol–water partition coefficient (Wildman–Crippen LogP) is 7.87. The fourth-order valence-electron chi connectivity index (χ4n) is 5.47. The summed E-state index contributed by atoms with van der Waals surface area (Å²) in [5.74, 6) is 0.412. The smallest absolute Gasteiger partial charge is 0.312 e. The third-order valence-corrected chi connectivity index (χ3v) is 8.83. The second kappa shape index (κ2) is 14.2. The SMILES string of the molecule is COc1ccc(COCc2cc([C@@H](CCc3cn(C4CCC4)nn3)C(C)(C)C(=O)OCc3ccccc3)ccc2Cl)cc1. The molecule has 3 aromatic carbocycles. The van der Waals surface area contributed by atoms with Gasteiger partial charge in [0.1, 0.15) is 12.4 Å². The lowest BCUT2D eigenvalue weighted by Crippen LogP contribution is -2.34. The number of esters is 1. The summed E-state index contributed by atoms with van der Waals surface area (Å²) in [7, 11) is 1.65. The van der Waals surface area contributed by atoms with Crippen molar-refractivity contribution in [3.05, 3.63) is 112 Å². The molecule has 0 spiro atoms. The Morgan fingerprint density at radius 3 is 2.44 bits per heavy atom. The molecular formula is C35H40ClN3O4. The maximum absolute atomic E-state index is 13.6. The fraction of sp³-hybridized carbons (Fsp3) is 0.400. The van der Waals surface area contributed by atoms with E-state index in [2.05, 4.69) is 22.6 Å². The van der Waals surface area contributed by atoms with Crippen LogP contribution in [0, 0.1) is 5.41 Å². The molecular weight excluding hydrogens is 562 g/mol. The molecule has 0 bridgehead atoms. The van der Waals surface area contributed by atoms with E-state index in [1.165, 1.54) is 6.42 Å². The van der Waals surface area contributed by atoms with E-state index >= 15 is 0 Å². The van der Waals surface area contributed by atoms with E-state index in [1.807, 2.05) is 85.3 Å². The summed E-state index contributed by atoms with van der Waals surface area (Å²) in [6, 6.07) is 24.0. The van der Waals surface area contributed by atoms with Crippen molar-refractivity contribution in [1.82, 2.24) is 15.0 Å². The fourth-order valence-corrected chi connectivity index (χ4v) is 5.64. The topological polar surface area (TPSA) is 75.5 Å². The summed E-state index contributed by atoms with van der Waals surface area (Å²) in [6.07, 6.45) is 6.99. The molecule has 5 rings (SSSR count). The Bertz CT molecular complexity index is 1480. The number of nitrogens with zero attached hydrogens (tertiary/aromatic N) is 3. The van der Waals surface area contributed by atoms with Crippen molar-refractivity contribution in [3.63, 3.8) is 0 Å². The van der Waals surface area contributed by atoms with Crippen molar-refractivity contribution >= 4 is 17.6 Å². The number of ether oxygens (including phenoxy) is 3. The second-order valence-corrected chi connectivity index (χ2v) is 12.2. The molecule has 1 saturated carbocycles. The summed E-state index contributed by atoms with van der Waals surface area (Å²) < 4.78 is 19.1. The first-order chi connectivity index (χ1) is 20.8. The van der Waals surface area contributed by atoms with Crippen LogP contribution in [-0.2, 0) is 40.5 Å². The molecule has 0 radical (unpaired) electrons. The molecule has 0 saturated heterocycles. The zero-order valence-electron chi connectivity index (χ0n) is 25.2. The number of hydrogen-bond donors (Lipinski definition) is 0. The van der Waals surface area contributed by atoms with Crippen LogP contribution in [0.2, 0.25) is 5.02 Å². The van der Waals surface area contributed by atoms with Gasteiger partial charge in [0, 0.05) is 11.2 Å². The van der Waals surface area contributed by atoms with Crippen LogP contribution < -0.4 is 4.74 Å². The van der Waals surface area contributed by atoms with Crippen LogP contribution in [0.3, 0.4) is 0 Å². The maximum atomic E-state index is 13.6. The Kier molecular flexibility index (Phi) is 10.2. The molecule has 1 fully saturated rings. The number of methoxy groups -OCH3 is 1. The number of hydrogen-bond acceptors (Lipinski definition) is 6. The van der Waals surface area contributed by atoms with Gasteiger partial charge in [-0.05, 0) is 92.3 Å². The van der Waals surface area contributed by atoms with E-state index < -0.39 is 5.41 Å². The van der Waals surface area contributed by atoms with Crippen LogP contribution in [0.4, 0.5) is 0 Å². The van der Waals surface area contributed by atoms with Crippen LogP contribution in [0.1, 0.15) is 79.4 Å². The van der Waals surface area contributed by atoms with Crippen LogP contribution >= 0.6 is 11.6 Å². The minimum atomic E-state index is -0.812. The number of benzene rings is 3. The van der Waals surface area contributed by atoms with Crippen LogP contribution in [0.25, 0.3) is 0 Å². The van der Waals surface area contributed by atoms with Gasteiger partial charge >= 0.3 is 5.97 Å². The van der Waals surface area contributed by atoms with Crippen molar-refractivity contribution in [2.75, 3.05) is 7.11 Å². The standard InChI is InChI=1S/C35H40ClN3O4/c1-35(2,34(40)43-23-25-8-5-4-6-9-25)32(18-15-29-21-39(38-37-29)30-10-7-11-30)27-14-19-33(36)28(20-27)24-42-22-26-12-16-31(41-3)17-13-26/h4-6,8-9,12-14,16-17,19-21,30,32H,7,10-11,15,18,22-24H2,1-3H3/t32-/m1/s1. The summed E-state index contributed by atoms with van der Waals surface area (Å²) in [5.41, 5.74) is 4.01. The van der Waals surface area contributed by atoms with Crippen LogP contribution in [0.15, 0.2) is 79.0 Å². The highest BCUT2D eigenvalue weighted by Gasteiger charge is 2.39. The predicted molar refractivity (Wildman–Crippen MR) is 167 cm³/mol. The van der Waals surface area contributed by atoms with Crippen molar-refractivity contribution in [2.24, 2.45) is 5.41 Å². The van der Waals surface area contributed by atoms with Crippen molar-refractivity contribution in [1.29, 1.82) is 0 Å². The zero-order chi connectivity index (χ0) is 30.2. The lowest BCUT2D eigenvalue weighted by atomic mass is 9.72. The minimum Gasteiger partial charge on any atom is -0.497 e. The number of halogens is 1. The van der Waals surface area contributed by atoms with Gasteiger partial charge in [-0.1, -0.05) is 71.4 Å². The molecule has 1 heterocycles. The van der Waals surface area contributed by atoms with Crippen molar-refractivity contribution in [2.45, 2.75) is 77.7 Å². The summed E-state index contributed by atoms with van der Waals surface area (Å²) in [5, 5.41) is 9.45. The lowest BCUT2D eigenvalue weighted by Gasteiger charge is -2.33. The zero-order valence-corrected chi connectivity index (χ0v) is 25.9. The van der Waals surface area contributed by atoms with Gasteiger partial charge in [-0.15, -0.1) is 5.10 Å². The summed E-state index contributed by atoms with van der Waals surface area (Å²) >= 11 is 6.63. The number of rotatable bonds is 14. The molecule has 226 valence electrons. The van der Waals surface area contributed by atoms with Gasteiger partial charge in [0.25, 0.3) is 0 Å². The minimum absolute atomic E-state index is 0.151. The Morgan fingerprint density at radius 2 is 1.74 bits per heavy atom. The van der Waals surface area contributed by atoms with E-state index in [-0.39, 0.29) is 18.5 Å². The highest BCUT2D eigenvalue weighted by Crippen LogP contribution is 2.41. The van der Waals surface area contributed by atoms with E-state index in [0.717, 1.165) is 46.5 Å². The third kappa shape index (κ3) is 7.84. The van der Waals surface area contributed by atoms with Gasteiger partial charge in [-0.2, -0.15) is 0 Å². The molecule has 8 heteroatoms. The Morgan fingerprint density at radius 1 is 1.00 bits per heavy atom. The molecule has 0 unspecified atom stereocenters.